The average molecular weight is 421 g/mol. The summed E-state index contributed by atoms with van der Waals surface area (Å²) >= 11 is 1.40. The van der Waals surface area contributed by atoms with Crippen LogP contribution in [-0.4, -0.2) is 26.4 Å². The Hall–Kier alpha value is -2.86. The summed E-state index contributed by atoms with van der Waals surface area (Å²) in [5.74, 6) is 1.53. The largest absolute Gasteiger partial charge is 0.349 e. The van der Waals surface area contributed by atoms with Gasteiger partial charge >= 0.3 is 0 Å². The number of hydrogen-bond acceptors (Lipinski definition) is 4. The van der Waals surface area contributed by atoms with Crippen LogP contribution < -0.4 is 5.32 Å². The van der Waals surface area contributed by atoms with Gasteiger partial charge < -0.3 is 5.32 Å². The van der Waals surface area contributed by atoms with E-state index in [4.69, 9.17) is 0 Å². The van der Waals surface area contributed by atoms with Gasteiger partial charge in [-0.3, -0.25) is 9.36 Å². The van der Waals surface area contributed by atoms with Crippen molar-refractivity contribution in [2.24, 2.45) is 5.92 Å². The summed E-state index contributed by atoms with van der Waals surface area (Å²) in [5, 5.41) is 12.6. The van der Waals surface area contributed by atoms with E-state index in [1.807, 2.05) is 59.2 Å². The van der Waals surface area contributed by atoms with Gasteiger partial charge in [-0.1, -0.05) is 92.3 Å². The molecule has 0 unspecified atom stereocenters. The maximum Gasteiger partial charge on any atom is 0.230 e. The predicted molar refractivity (Wildman–Crippen MR) is 123 cm³/mol. The predicted octanol–water partition coefficient (Wildman–Crippen LogP) is 5.13. The Morgan fingerprint density at radius 1 is 1.10 bits per heavy atom. The number of nitrogens with zero attached hydrogens (tertiary/aromatic N) is 3. The van der Waals surface area contributed by atoms with E-state index in [1.165, 1.54) is 11.8 Å². The molecular formula is C24H28N4OS. The number of carbonyl (C=O) groups excluding carboxylic acids is 1. The third-order valence-electron chi connectivity index (χ3n) is 4.64. The van der Waals surface area contributed by atoms with Crippen LogP contribution in [0.1, 0.15) is 31.9 Å². The molecule has 6 heteroatoms. The van der Waals surface area contributed by atoms with Gasteiger partial charge in [-0.25, -0.2) is 0 Å². The van der Waals surface area contributed by atoms with Crippen molar-refractivity contribution in [2.45, 2.75) is 38.0 Å². The number of aromatic nitrogens is 3. The lowest BCUT2D eigenvalue weighted by molar-refractivity contribution is -0.119. The number of hydrogen-bond donors (Lipinski definition) is 1. The molecule has 3 rings (SSSR count). The van der Waals surface area contributed by atoms with E-state index in [2.05, 4.69) is 48.1 Å². The van der Waals surface area contributed by atoms with Crippen molar-refractivity contribution in [1.29, 1.82) is 0 Å². The zero-order valence-corrected chi connectivity index (χ0v) is 18.3. The molecule has 30 heavy (non-hydrogen) atoms. The number of carbonyl (C=O) groups is 1. The van der Waals surface area contributed by atoms with Crippen LogP contribution >= 0.6 is 11.8 Å². The second kappa shape index (κ2) is 10.8. The molecule has 2 aromatic carbocycles. The molecular weight excluding hydrogens is 392 g/mol. The molecule has 1 amide bonds. The van der Waals surface area contributed by atoms with Gasteiger partial charge in [-0.2, -0.15) is 0 Å². The van der Waals surface area contributed by atoms with Gasteiger partial charge in [-0.15, -0.1) is 16.8 Å². The summed E-state index contributed by atoms with van der Waals surface area (Å²) in [6.45, 7) is 8.76. The Kier molecular flexibility index (Phi) is 7.85. The molecule has 1 atom stereocenters. The highest BCUT2D eigenvalue weighted by molar-refractivity contribution is 7.99. The van der Waals surface area contributed by atoms with E-state index >= 15 is 0 Å². The molecule has 0 saturated heterocycles. The molecule has 156 valence electrons. The van der Waals surface area contributed by atoms with E-state index in [0.717, 1.165) is 23.4 Å². The first-order valence-electron chi connectivity index (χ1n) is 10.1. The minimum Gasteiger partial charge on any atom is -0.349 e. The number of allylic oxidation sites excluding steroid dienone is 1. The first-order chi connectivity index (χ1) is 14.6. The molecule has 0 spiro atoms. The lowest BCUT2D eigenvalue weighted by Gasteiger charge is -2.21. The molecule has 0 aliphatic rings. The second-order valence-corrected chi connectivity index (χ2v) is 8.46. The smallest absolute Gasteiger partial charge is 0.230 e. The molecule has 0 radical (unpaired) electrons. The lowest BCUT2D eigenvalue weighted by atomic mass is 9.97. The lowest BCUT2D eigenvalue weighted by Crippen LogP contribution is -2.31. The minimum absolute atomic E-state index is 0.00484. The van der Waals surface area contributed by atoms with Crippen molar-refractivity contribution in [3.63, 3.8) is 0 Å². The van der Waals surface area contributed by atoms with Crippen molar-refractivity contribution in [1.82, 2.24) is 20.1 Å². The van der Waals surface area contributed by atoms with Gasteiger partial charge in [0.05, 0.1) is 11.8 Å². The third-order valence-corrected chi connectivity index (χ3v) is 5.60. The maximum atomic E-state index is 12.7. The summed E-state index contributed by atoms with van der Waals surface area (Å²) < 4.78 is 1.99. The zero-order chi connectivity index (χ0) is 21.3. The zero-order valence-electron chi connectivity index (χ0n) is 17.5. The van der Waals surface area contributed by atoms with Crippen molar-refractivity contribution in [3.05, 3.63) is 78.9 Å². The van der Waals surface area contributed by atoms with Crippen LogP contribution in [0.2, 0.25) is 0 Å². The van der Waals surface area contributed by atoms with Gasteiger partial charge in [0.15, 0.2) is 11.0 Å². The second-order valence-electron chi connectivity index (χ2n) is 7.52. The molecule has 0 fully saturated rings. The Bertz CT molecular complexity index is 954. The quantitative estimate of drug-likeness (QED) is 0.365. The van der Waals surface area contributed by atoms with Crippen LogP contribution in [0.5, 0.6) is 0 Å². The number of rotatable bonds is 10. The van der Waals surface area contributed by atoms with E-state index in [1.54, 1.807) is 0 Å². The number of amides is 1. The molecule has 0 bridgehead atoms. The molecule has 1 N–H and O–H groups in total. The monoisotopic (exact) mass is 420 g/mol. The minimum atomic E-state index is -0.0103. The molecule has 0 aliphatic carbocycles. The van der Waals surface area contributed by atoms with Crippen molar-refractivity contribution < 1.29 is 4.79 Å². The van der Waals surface area contributed by atoms with Gasteiger partial charge in [0.2, 0.25) is 5.91 Å². The first-order valence-corrected chi connectivity index (χ1v) is 11.1. The maximum absolute atomic E-state index is 12.7. The van der Waals surface area contributed by atoms with Crippen LogP contribution in [0.3, 0.4) is 0 Å². The molecule has 1 heterocycles. The number of nitrogens with one attached hydrogen (secondary N) is 1. The van der Waals surface area contributed by atoms with Crippen LogP contribution in [0.4, 0.5) is 0 Å². The van der Waals surface area contributed by atoms with Gasteiger partial charge in [-0.05, 0) is 17.9 Å². The Labute approximate surface area is 182 Å². The molecule has 1 aromatic heterocycles. The van der Waals surface area contributed by atoms with Crippen LogP contribution in [-0.2, 0) is 11.3 Å². The standard InChI is InChI=1S/C24H28N4OS/c1-4-15-28-23(20-13-9-6-10-14-20)26-27-24(28)30-17-22(29)25-21(16-18(2)3)19-11-7-5-8-12-19/h4-14,18,21H,1,15-17H2,2-3H3,(H,25,29)/t21-/m0/s1. The number of benzene rings is 2. The Morgan fingerprint density at radius 2 is 1.77 bits per heavy atom. The summed E-state index contributed by atoms with van der Waals surface area (Å²) in [6, 6.07) is 20.1. The van der Waals surface area contributed by atoms with E-state index < -0.39 is 0 Å². The van der Waals surface area contributed by atoms with Crippen LogP contribution in [0, 0.1) is 5.92 Å². The average Bonchev–Trinajstić information content (AvgIpc) is 3.15. The normalized spacial score (nSPS) is 12.0. The van der Waals surface area contributed by atoms with Crippen LogP contribution in [0.25, 0.3) is 11.4 Å². The van der Waals surface area contributed by atoms with E-state index in [-0.39, 0.29) is 17.7 Å². The van der Waals surface area contributed by atoms with Crippen molar-refractivity contribution in [3.8, 4) is 11.4 Å². The van der Waals surface area contributed by atoms with Gasteiger partial charge in [0.1, 0.15) is 0 Å². The first kappa shape index (κ1) is 21.8. The van der Waals surface area contributed by atoms with Gasteiger partial charge in [0, 0.05) is 12.1 Å². The van der Waals surface area contributed by atoms with Crippen molar-refractivity contribution >= 4 is 17.7 Å². The summed E-state index contributed by atoms with van der Waals surface area (Å²) in [6.07, 6.45) is 2.71. The summed E-state index contributed by atoms with van der Waals surface area (Å²) in [5.41, 5.74) is 2.12. The Balaban J connectivity index is 1.69. The SMILES string of the molecule is C=CCn1c(SCC(=O)N[C@@H](CC(C)C)c2ccccc2)nnc1-c1ccccc1. The van der Waals surface area contributed by atoms with Crippen molar-refractivity contribution in [2.75, 3.05) is 5.75 Å². The molecule has 3 aromatic rings. The molecule has 0 saturated carbocycles. The molecule has 0 aliphatic heterocycles. The molecule has 5 nitrogen and oxygen atoms in total. The highest BCUT2D eigenvalue weighted by Gasteiger charge is 2.18. The fraction of sp³-hybridized carbons (Fsp3) is 0.292. The third kappa shape index (κ3) is 5.83. The fourth-order valence-corrected chi connectivity index (χ4v) is 4.05. The highest BCUT2D eigenvalue weighted by atomic mass is 32.2. The Morgan fingerprint density at radius 3 is 2.40 bits per heavy atom. The fourth-order valence-electron chi connectivity index (χ4n) is 3.29. The van der Waals surface area contributed by atoms with E-state index in [0.29, 0.717) is 17.6 Å². The number of thioether (sulfide) groups is 1. The topological polar surface area (TPSA) is 59.8 Å². The van der Waals surface area contributed by atoms with Crippen LogP contribution in [0.15, 0.2) is 78.5 Å². The van der Waals surface area contributed by atoms with Gasteiger partial charge in [0.25, 0.3) is 0 Å². The summed E-state index contributed by atoms with van der Waals surface area (Å²) in [4.78, 5) is 12.7. The van der Waals surface area contributed by atoms with E-state index in [9.17, 15) is 4.79 Å². The highest BCUT2D eigenvalue weighted by Crippen LogP contribution is 2.25. The summed E-state index contributed by atoms with van der Waals surface area (Å²) in [7, 11) is 0.